The third-order valence-electron chi connectivity index (χ3n) is 2.10. The third-order valence-corrected chi connectivity index (χ3v) is 4.48. The van der Waals surface area contributed by atoms with Crippen molar-refractivity contribution in [1.82, 2.24) is 10.2 Å². The van der Waals surface area contributed by atoms with Gasteiger partial charge in [-0.3, -0.25) is 4.79 Å². The molecule has 7 heteroatoms. The van der Waals surface area contributed by atoms with Gasteiger partial charge in [0.15, 0.2) is 4.34 Å². The molecule has 0 radical (unpaired) electrons. The van der Waals surface area contributed by atoms with E-state index in [0.29, 0.717) is 9.36 Å². The Balaban J connectivity index is 2.18. The molecule has 4 nitrogen and oxygen atoms in total. The monoisotopic (exact) mass is 300 g/mol. The first-order chi connectivity index (χ1) is 8.56. The van der Waals surface area contributed by atoms with Crippen molar-refractivity contribution >= 4 is 40.7 Å². The maximum absolute atomic E-state index is 10.7. The lowest BCUT2D eigenvalue weighted by Gasteiger charge is -2.00. The summed E-state index contributed by atoms with van der Waals surface area (Å²) in [6, 6.07) is 7.32. The molecule has 2 rings (SSSR count). The molecule has 0 amide bonds. The Morgan fingerprint density at radius 1 is 1.50 bits per heavy atom. The zero-order chi connectivity index (χ0) is 13.1. The largest absolute Gasteiger partial charge is 0.480 e. The van der Waals surface area contributed by atoms with Gasteiger partial charge in [-0.25, -0.2) is 0 Å². The SMILES string of the molecule is CC(Sc1nnc(-c2cccc(Cl)c2)s1)C(=O)O. The van der Waals surface area contributed by atoms with Crippen LogP contribution in [-0.4, -0.2) is 26.5 Å². The van der Waals surface area contributed by atoms with Crippen LogP contribution in [0.25, 0.3) is 10.6 Å². The molecule has 0 spiro atoms. The fourth-order valence-electron chi connectivity index (χ4n) is 1.20. The molecule has 18 heavy (non-hydrogen) atoms. The molecule has 1 aromatic heterocycles. The molecule has 1 N–H and O–H groups in total. The molecule has 1 heterocycles. The molecule has 0 aliphatic heterocycles. The van der Waals surface area contributed by atoms with Crippen molar-refractivity contribution in [2.45, 2.75) is 16.5 Å². The van der Waals surface area contributed by atoms with Crippen LogP contribution in [-0.2, 0) is 4.79 Å². The first-order valence-corrected chi connectivity index (χ1v) is 7.12. The van der Waals surface area contributed by atoms with E-state index in [1.165, 1.54) is 23.1 Å². The molecular weight excluding hydrogens is 292 g/mol. The number of nitrogens with zero attached hydrogens (tertiary/aromatic N) is 2. The molecule has 2 aromatic rings. The van der Waals surface area contributed by atoms with Gasteiger partial charge in [0.2, 0.25) is 0 Å². The van der Waals surface area contributed by atoms with Gasteiger partial charge in [0.1, 0.15) is 10.3 Å². The maximum atomic E-state index is 10.7. The van der Waals surface area contributed by atoms with Crippen LogP contribution >= 0.6 is 34.7 Å². The van der Waals surface area contributed by atoms with Gasteiger partial charge in [0.05, 0.1) is 0 Å². The minimum atomic E-state index is -0.862. The summed E-state index contributed by atoms with van der Waals surface area (Å²) in [6.07, 6.45) is 0. The number of halogens is 1. The molecule has 0 aliphatic carbocycles. The number of carboxylic acids is 1. The lowest BCUT2D eigenvalue weighted by molar-refractivity contribution is -0.136. The molecule has 1 atom stereocenters. The van der Waals surface area contributed by atoms with Gasteiger partial charge in [0.25, 0.3) is 0 Å². The van der Waals surface area contributed by atoms with Crippen molar-refractivity contribution in [2.75, 3.05) is 0 Å². The minimum absolute atomic E-state index is 0.537. The van der Waals surface area contributed by atoms with Gasteiger partial charge in [-0.15, -0.1) is 10.2 Å². The highest BCUT2D eigenvalue weighted by atomic mass is 35.5. The first-order valence-electron chi connectivity index (χ1n) is 5.05. The number of rotatable bonds is 4. The second-order valence-electron chi connectivity index (χ2n) is 3.48. The van der Waals surface area contributed by atoms with Crippen LogP contribution in [0.3, 0.4) is 0 Å². The van der Waals surface area contributed by atoms with Crippen LogP contribution in [0.15, 0.2) is 28.6 Å². The molecule has 1 unspecified atom stereocenters. The molecule has 94 valence electrons. The van der Waals surface area contributed by atoms with Gasteiger partial charge < -0.3 is 5.11 Å². The lowest BCUT2D eigenvalue weighted by Crippen LogP contribution is -2.10. The van der Waals surface area contributed by atoms with Crippen molar-refractivity contribution in [2.24, 2.45) is 0 Å². The number of carboxylic acid groups (broad SMARTS) is 1. The minimum Gasteiger partial charge on any atom is -0.480 e. The Hall–Kier alpha value is -1.11. The Kier molecular flexibility index (Phi) is 4.21. The van der Waals surface area contributed by atoms with Gasteiger partial charge in [-0.1, -0.05) is 46.8 Å². The van der Waals surface area contributed by atoms with E-state index in [9.17, 15) is 4.79 Å². The third kappa shape index (κ3) is 3.22. The van der Waals surface area contributed by atoms with E-state index in [1.54, 1.807) is 19.1 Å². The topological polar surface area (TPSA) is 63.1 Å². The molecule has 0 saturated carbocycles. The summed E-state index contributed by atoms with van der Waals surface area (Å²) in [6.45, 7) is 1.62. The maximum Gasteiger partial charge on any atom is 0.316 e. The smallest absolute Gasteiger partial charge is 0.316 e. The average Bonchev–Trinajstić information content (AvgIpc) is 2.77. The van der Waals surface area contributed by atoms with E-state index in [2.05, 4.69) is 10.2 Å². The predicted molar refractivity (Wildman–Crippen MR) is 73.3 cm³/mol. The van der Waals surface area contributed by atoms with Crippen LogP contribution in [0.4, 0.5) is 0 Å². The lowest BCUT2D eigenvalue weighted by atomic mass is 10.2. The Labute approximate surface area is 117 Å². The van der Waals surface area contributed by atoms with Crippen molar-refractivity contribution in [3.05, 3.63) is 29.3 Å². The quantitative estimate of drug-likeness (QED) is 0.877. The molecule has 0 aliphatic rings. The summed E-state index contributed by atoms with van der Waals surface area (Å²) < 4.78 is 0.639. The van der Waals surface area contributed by atoms with Crippen LogP contribution in [0, 0.1) is 0 Å². The molecule has 0 bridgehead atoms. The fraction of sp³-hybridized carbons (Fsp3) is 0.182. The van der Waals surface area contributed by atoms with Crippen molar-refractivity contribution in [1.29, 1.82) is 0 Å². The van der Waals surface area contributed by atoms with E-state index < -0.39 is 11.2 Å². The predicted octanol–water partition coefficient (Wildman–Crippen LogP) is 3.42. The molecular formula is C11H9ClN2O2S2. The summed E-state index contributed by atoms with van der Waals surface area (Å²) in [5, 5.41) is 17.7. The van der Waals surface area contributed by atoms with Crippen molar-refractivity contribution in [3.63, 3.8) is 0 Å². The standard InChI is InChI=1S/C11H9ClN2O2S2/c1-6(10(15)16)17-11-14-13-9(18-11)7-3-2-4-8(12)5-7/h2-6H,1H3,(H,15,16). The van der Waals surface area contributed by atoms with Crippen LogP contribution in [0.2, 0.25) is 5.02 Å². The van der Waals surface area contributed by atoms with Crippen LogP contribution < -0.4 is 0 Å². The van der Waals surface area contributed by atoms with E-state index in [-0.39, 0.29) is 0 Å². The Morgan fingerprint density at radius 3 is 2.94 bits per heavy atom. The van der Waals surface area contributed by atoms with Crippen LogP contribution in [0.5, 0.6) is 0 Å². The van der Waals surface area contributed by atoms with E-state index >= 15 is 0 Å². The normalized spacial score (nSPS) is 12.3. The summed E-state index contributed by atoms with van der Waals surface area (Å²) in [7, 11) is 0. The van der Waals surface area contributed by atoms with Gasteiger partial charge >= 0.3 is 5.97 Å². The second kappa shape index (κ2) is 5.69. The summed E-state index contributed by atoms with van der Waals surface area (Å²) in [5.41, 5.74) is 0.884. The summed E-state index contributed by atoms with van der Waals surface area (Å²) in [5.74, 6) is -0.862. The highest BCUT2D eigenvalue weighted by Gasteiger charge is 2.16. The number of carbonyl (C=O) groups is 1. The second-order valence-corrected chi connectivity index (χ2v) is 6.48. The number of aliphatic carboxylic acids is 1. The number of thioether (sulfide) groups is 1. The zero-order valence-electron chi connectivity index (χ0n) is 9.33. The van der Waals surface area contributed by atoms with Gasteiger partial charge in [-0.05, 0) is 19.1 Å². The average molecular weight is 301 g/mol. The van der Waals surface area contributed by atoms with E-state index in [4.69, 9.17) is 16.7 Å². The highest BCUT2D eigenvalue weighted by Crippen LogP contribution is 2.32. The number of hydrogen-bond acceptors (Lipinski definition) is 5. The summed E-state index contributed by atoms with van der Waals surface area (Å²) in [4.78, 5) is 10.7. The van der Waals surface area contributed by atoms with Gasteiger partial charge in [0, 0.05) is 10.6 Å². The van der Waals surface area contributed by atoms with Crippen molar-refractivity contribution < 1.29 is 9.90 Å². The Morgan fingerprint density at radius 2 is 2.28 bits per heavy atom. The number of benzene rings is 1. The zero-order valence-corrected chi connectivity index (χ0v) is 11.7. The van der Waals surface area contributed by atoms with E-state index in [1.807, 2.05) is 12.1 Å². The van der Waals surface area contributed by atoms with Crippen molar-refractivity contribution in [3.8, 4) is 10.6 Å². The Bertz CT molecular complexity index is 574. The highest BCUT2D eigenvalue weighted by molar-refractivity contribution is 8.02. The number of hydrogen-bond donors (Lipinski definition) is 1. The molecule has 1 aromatic carbocycles. The van der Waals surface area contributed by atoms with Crippen LogP contribution in [0.1, 0.15) is 6.92 Å². The first kappa shape index (κ1) is 13.3. The summed E-state index contributed by atoms with van der Waals surface area (Å²) >= 11 is 8.44. The van der Waals surface area contributed by atoms with E-state index in [0.717, 1.165) is 10.6 Å². The van der Waals surface area contributed by atoms with Gasteiger partial charge in [-0.2, -0.15) is 0 Å². The molecule has 0 fully saturated rings. The molecule has 0 saturated heterocycles. The fourth-order valence-corrected chi connectivity index (χ4v) is 3.31. The number of aromatic nitrogens is 2.